The molecule has 76 valence electrons. The molecule has 1 aromatic heterocycles. The average molecular weight is 267 g/mol. The molecule has 1 aromatic carbocycles. The molecule has 0 spiro atoms. The van der Waals surface area contributed by atoms with Crippen LogP contribution in [0.25, 0.3) is 11.0 Å². The van der Waals surface area contributed by atoms with Crippen LogP contribution < -0.4 is 0 Å². The van der Waals surface area contributed by atoms with E-state index in [2.05, 4.69) is 20.6 Å². The molecule has 0 amide bonds. The molecular formula is C10H8N2O2Se. The second kappa shape index (κ2) is 3.96. The maximum atomic E-state index is 10.6. The predicted octanol–water partition coefficient (Wildman–Crippen LogP) is 0.440. The van der Waals surface area contributed by atoms with E-state index in [4.69, 9.17) is 5.11 Å². The molecule has 0 bridgehead atoms. The molecule has 0 saturated carbocycles. The van der Waals surface area contributed by atoms with Crippen molar-refractivity contribution in [3.63, 3.8) is 0 Å². The number of aliphatic carboxylic acids is 1. The van der Waals surface area contributed by atoms with Gasteiger partial charge in [0.1, 0.15) is 0 Å². The van der Waals surface area contributed by atoms with E-state index < -0.39 is 5.97 Å². The molecule has 1 heterocycles. The zero-order valence-corrected chi connectivity index (χ0v) is 9.47. The Kier molecular flexibility index (Phi) is 2.66. The summed E-state index contributed by atoms with van der Waals surface area (Å²) in [6.07, 6.45) is 1.55. The van der Waals surface area contributed by atoms with Gasteiger partial charge in [-0.15, -0.1) is 0 Å². The van der Waals surface area contributed by atoms with Gasteiger partial charge in [-0.2, -0.15) is 0 Å². The molecule has 0 aliphatic rings. The molecule has 0 fully saturated rings. The first kappa shape index (κ1) is 10.1. The van der Waals surface area contributed by atoms with Crippen molar-refractivity contribution in [3.05, 3.63) is 30.1 Å². The summed E-state index contributed by atoms with van der Waals surface area (Å²) in [5.74, 6) is -0.869. The molecule has 2 aromatic rings. The molecule has 0 aliphatic heterocycles. The van der Waals surface area contributed by atoms with Crippen LogP contribution in [0.15, 0.2) is 24.5 Å². The van der Waals surface area contributed by atoms with E-state index in [9.17, 15) is 4.79 Å². The first-order valence-electron chi connectivity index (χ1n) is 4.33. The number of hydrogen-bond donors (Lipinski definition) is 1. The van der Waals surface area contributed by atoms with Crippen LogP contribution >= 0.6 is 0 Å². The van der Waals surface area contributed by atoms with Crippen molar-refractivity contribution in [2.24, 2.45) is 0 Å². The van der Waals surface area contributed by atoms with Gasteiger partial charge in [0.2, 0.25) is 0 Å². The summed E-state index contributed by atoms with van der Waals surface area (Å²) in [6.45, 7) is -0.0621. The summed E-state index contributed by atoms with van der Waals surface area (Å²) in [7, 11) is 0. The monoisotopic (exact) mass is 268 g/mol. The number of benzene rings is 1. The Hall–Kier alpha value is -1.45. The number of hydrogen-bond acceptors (Lipinski definition) is 2. The number of carboxylic acids is 1. The van der Waals surface area contributed by atoms with E-state index in [1.54, 1.807) is 10.9 Å². The molecule has 0 atom stereocenters. The summed E-state index contributed by atoms with van der Waals surface area (Å²) in [4.78, 5) is 16.6. The van der Waals surface area contributed by atoms with E-state index in [0.717, 1.165) is 16.6 Å². The van der Waals surface area contributed by atoms with E-state index in [0.29, 0.717) is 0 Å². The van der Waals surface area contributed by atoms with Gasteiger partial charge in [-0.05, 0) is 0 Å². The van der Waals surface area contributed by atoms with Gasteiger partial charge < -0.3 is 0 Å². The summed E-state index contributed by atoms with van der Waals surface area (Å²) in [5.41, 5.74) is 2.62. The Bertz CT molecular complexity index is 533. The third-order valence-electron chi connectivity index (χ3n) is 2.11. The number of rotatable bonds is 3. The number of fused-ring (bicyclic) bond motifs is 1. The van der Waals surface area contributed by atoms with Gasteiger partial charge in [0.25, 0.3) is 0 Å². The third kappa shape index (κ3) is 1.84. The Morgan fingerprint density at radius 2 is 2.40 bits per heavy atom. The number of carbonyl (C=O) groups is 1. The summed E-state index contributed by atoms with van der Waals surface area (Å²) >= 11 is 2.81. The fraction of sp³-hybridized carbons (Fsp3) is 0.100. The summed E-state index contributed by atoms with van der Waals surface area (Å²) < 4.78 is 1.62. The molecule has 0 unspecified atom stereocenters. The number of imidazole rings is 1. The van der Waals surface area contributed by atoms with Gasteiger partial charge >= 0.3 is 93.6 Å². The van der Waals surface area contributed by atoms with E-state index in [-0.39, 0.29) is 6.54 Å². The van der Waals surface area contributed by atoms with Gasteiger partial charge in [-0.1, -0.05) is 0 Å². The first-order chi connectivity index (χ1) is 7.22. The quantitative estimate of drug-likeness (QED) is 0.821. The van der Waals surface area contributed by atoms with Crippen molar-refractivity contribution in [1.29, 1.82) is 0 Å². The fourth-order valence-electron chi connectivity index (χ4n) is 1.48. The Morgan fingerprint density at radius 3 is 3.07 bits per heavy atom. The standard InChI is InChI=1S/C10H8N2O2Se/c13-9(14)4-12-6-11-10-7(5-15)2-1-3-8(10)12/h1-3,5-6H,4H2,(H,13,14). The summed E-state index contributed by atoms with van der Waals surface area (Å²) in [6, 6.07) is 5.67. The molecule has 15 heavy (non-hydrogen) atoms. The molecule has 0 aliphatic carbocycles. The molecule has 0 saturated heterocycles. The van der Waals surface area contributed by atoms with Gasteiger partial charge in [0.05, 0.1) is 0 Å². The van der Waals surface area contributed by atoms with Crippen LogP contribution in [-0.4, -0.2) is 41.1 Å². The minimum atomic E-state index is -0.869. The number of nitrogens with zero attached hydrogens (tertiary/aromatic N) is 2. The average Bonchev–Trinajstić information content (AvgIpc) is 2.61. The van der Waals surface area contributed by atoms with Gasteiger partial charge in [0, 0.05) is 0 Å². The number of para-hydroxylation sites is 1. The van der Waals surface area contributed by atoms with E-state index >= 15 is 0 Å². The summed E-state index contributed by atoms with van der Waals surface area (Å²) in [5, 5.41) is 8.71. The second-order valence-corrected chi connectivity index (χ2v) is 3.59. The van der Waals surface area contributed by atoms with Gasteiger partial charge in [-0.3, -0.25) is 0 Å². The fourth-order valence-corrected chi connectivity index (χ4v) is 1.88. The van der Waals surface area contributed by atoms with Crippen molar-refractivity contribution in [2.75, 3.05) is 0 Å². The topological polar surface area (TPSA) is 55.1 Å². The van der Waals surface area contributed by atoms with Crippen LogP contribution in [-0.2, 0) is 11.3 Å². The Balaban J connectivity index is 2.60. The molecule has 4 nitrogen and oxygen atoms in total. The van der Waals surface area contributed by atoms with Crippen molar-refractivity contribution in [1.82, 2.24) is 9.55 Å². The molecule has 2 rings (SSSR count). The van der Waals surface area contributed by atoms with Crippen LogP contribution in [0.1, 0.15) is 5.56 Å². The van der Waals surface area contributed by atoms with Gasteiger partial charge in [0.15, 0.2) is 0 Å². The molecule has 5 heteroatoms. The van der Waals surface area contributed by atoms with Gasteiger partial charge in [-0.25, -0.2) is 0 Å². The number of carboxylic acid groups (broad SMARTS) is 1. The second-order valence-electron chi connectivity index (χ2n) is 3.10. The van der Waals surface area contributed by atoms with Crippen LogP contribution in [0, 0.1) is 0 Å². The molecule has 1 N–H and O–H groups in total. The third-order valence-corrected chi connectivity index (χ3v) is 2.65. The maximum absolute atomic E-state index is 10.6. The first-order valence-corrected chi connectivity index (χ1v) is 5.32. The van der Waals surface area contributed by atoms with Crippen LogP contribution in [0.5, 0.6) is 0 Å². The normalized spacial score (nSPS) is 10.4. The Labute approximate surface area is 93.9 Å². The van der Waals surface area contributed by atoms with E-state index in [1.165, 1.54) is 0 Å². The predicted molar refractivity (Wildman–Crippen MR) is 58.3 cm³/mol. The van der Waals surface area contributed by atoms with E-state index in [1.807, 2.05) is 23.1 Å². The molecule has 0 radical (unpaired) electrons. The van der Waals surface area contributed by atoms with Crippen molar-refractivity contribution >= 4 is 37.5 Å². The van der Waals surface area contributed by atoms with Crippen molar-refractivity contribution in [3.8, 4) is 0 Å². The van der Waals surface area contributed by atoms with Crippen LogP contribution in [0.3, 0.4) is 0 Å². The van der Waals surface area contributed by atoms with Crippen LogP contribution in [0.4, 0.5) is 0 Å². The minimum absolute atomic E-state index is 0.0621. The SMILES string of the molecule is O=C(O)Cn1cnc2c(C=[Se])cccc21. The molecular weight excluding hydrogens is 259 g/mol. The van der Waals surface area contributed by atoms with Crippen molar-refractivity contribution in [2.45, 2.75) is 6.54 Å². The zero-order valence-electron chi connectivity index (χ0n) is 7.75. The van der Waals surface area contributed by atoms with Crippen molar-refractivity contribution < 1.29 is 9.90 Å². The number of aromatic nitrogens is 2. The Morgan fingerprint density at radius 1 is 1.60 bits per heavy atom. The van der Waals surface area contributed by atoms with Crippen LogP contribution in [0.2, 0.25) is 0 Å². The zero-order chi connectivity index (χ0) is 10.8.